The Bertz CT molecular complexity index is 1070. The minimum Gasteiger partial charge on any atom is -0.299 e. The monoisotopic (exact) mass is 443 g/mol. The fourth-order valence-electron chi connectivity index (χ4n) is 4.27. The number of hydrogen-bond donors (Lipinski definition) is 1. The number of hydrogen-bond acceptors (Lipinski definition) is 3. The van der Waals surface area contributed by atoms with E-state index in [-0.39, 0.29) is 11.7 Å². The summed E-state index contributed by atoms with van der Waals surface area (Å²) in [5, 5.41) is 4.14. The lowest BCUT2D eigenvalue weighted by Crippen LogP contribution is -2.33. The van der Waals surface area contributed by atoms with Gasteiger partial charge >= 0.3 is 0 Å². The number of nitrogens with zero attached hydrogens (tertiary/aromatic N) is 2. The zero-order chi connectivity index (χ0) is 23.0. The molecular formula is C28H30FN3O. The van der Waals surface area contributed by atoms with Gasteiger partial charge in [0.1, 0.15) is 5.82 Å². The number of halogens is 1. The van der Waals surface area contributed by atoms with Gasteiger partial charge in [-0.1, -0.05) is 54.6 Å². The predicted octanol–water partition coefficient (Wildman–Crippen LogP) is 5.43. The normalized spacial score (nSPS) is 15.4. The second kappa shape index (κ2) is 11.0. The third-order valence-electron chi connectivity index (χ3n) is 6.28. The van der Waals surface area contributed by atoms with Crippen molar-refractivity contribution >= 4 is 11.6 Å². The second-order valence-electron chi connectivity index (χ2n) is 8.75. The maximum Gasteiger partial charge on any atom is 0.271 e. The smallest absolute Gasteiger partial charge is 0.271 e. The summed E-state index contributed by atoms with van der Waals surface area (Å²) >= 11 is 0. The molecule has 1 fully saturated rings. The van der Waals surface area contributed by atoms with Gasteiger partial charge in [-0.05, 0) is 86.1 Å². The van der Waals surface area contributed by atoms with Crippen molar-refractivity contribution < 1.29 is 9.18 Å². The van der Waals surface area contributed by atoms with Crippen molar-refractivity contribution in [1.82, 2.24) is 10.3 Å². The minimum atomic E-state index is -0.299. The first-order valence-corrected chi connectivity index (χ1v) is 11.5. The Kier molecular flexibility index (Phi) is 7.63. The molecule has 1 amide bonds. The minimum absolute atomic E-state index is 0.260. The van der Waals surface area contributed by atoms with Crippen LogP contribution in [0.3, 0.4) is 0 Å². The number of nitrogens with one attached hydrogen (secondary N) is 1. The molecule has 3 aromatic carbocycles. The van der Waals surface area contributed by atoms with Crippen LogP contribution >= 0.6 is 0 Å². The Morgan fingerprint density at radius 3 is 2.21 bits per heavy atom. The Morgan fingerprint density at radius 1 is 0.909 bits per heavy atom. The highest BCUT2D eigenvalue weighted by molar-refractivity contribution is 6.00. The predicted molar refractivity (Wildman–Crippen MR) is 131 cm³/mol. The lowest BCUT2D eigenvalue weighted by Gasteiger charge is -2.32. The van der Waals surface area contributed by atoms with E-state index in [1.54, 1.807) is 19.1 Å². The molecule has 1 N–H and O–H groups in total. The Hall–Kier alpha value is -3.31. The summed E-state index contributed by atoms with van der Waals surface area (Å²) in [7, 11) is 0. The van der Waals surface area contributed by atoms with Crippen molar-refractivity contribution in [2.45, 2.75) is 32.7 Å². The molecule has 0 saturated carbocycles. The third-order valence-corrected chi connectivity index (χ3v) is 6.28. The van der Waals surface area contributed by atoms with Crippen molar-refractivity contribution in [2.75, 3.05) is 13.1 Å². The molecule has 0 radical (unpaired) electrons. The van der Waals surface area contributed by atoms with Gasteiger partial charge in [0.25, 0.3) is 5.91 Å². The Balaban J connectivity index is 1.25. The van der Waals surface area contributed by atoms with Gasteiger partial charge in [0.05, 0.1) is 5.71 Å². The number of piperidine rings is 1. The van der Waals surface area contributed by atoms with Crippen LogP contribution in [0.5, 0.6) is 0 Å². The summed E-state index contributed by atoms with van der Waals surface area (Å²) in [4.78, 5) is 14.9. The molecule has 4 rings (SSSR count). The van der Waals surface area contributed by atoms with Crippen LogP contribution in [0, 0.1) is 11.7 Å². The van der Waals surface area contributed by atoms with Crippen LogP contribution in [-0.2, 0) is 13.0 Å². The highest BCUT2D eigenvalue weighted by Crippen LogP contribution is 2.23. The second-order valence-corrected chi connectivity index (χ2v) is 8.75. The van der Waals surface area contributed by atoms with E-state index in [0.717, 1.165) is 31.1 Å². The Morgan fingerprint density at radius 2 is 1.55 bits per heavy atom. The van der Waals surface area contributed by atoms with E-state index in [1.807, 2.05) is 24.3 Å². The lowest BCUT2D eigenvalue weighted by molar-refractivity contribution is 0.0955. The van der Waals surface area contributed by atoms with Gasteiger partial charge in [-0.2, -0.15) is 5.10 Å². The van der Waals surface area contributed by atoms with Gasteiger partial charge in [0.2, 0.25) is 0 Å². The van der Waals surface area contributed by atoms with Crippen molar-refractivity contribution in [2.24, 2.45) is 11.0 Å². The average Bonchev–Trinajstić information content (AvgIpc) is 2.85. The SMILES string of the molecule is C/C(=N/NC(=O)c1ccc(CN2CCC(Cc3ccccc3)CC2)cc1)c1ccc(F)cc1. The lowest BCUT2D eigenvalue weighted by atomic mass is 9.90. The van der Waals surface area contributed by atoms with Gasteiger partial charge in [0, 0.05) is 12.1 Å². The molecular weight excluding hydrogens is 413 g/mol. The van der Waals surface area contributed by atoms with E-state index in [0.29, 0.717) is 11.3 Å². The largest absolute Gasteiger partial charge is 0.299 e. The van der Waals surface area contributed by atoms with Crippen LogP contribution in [0.1, 0.15) is 46.8 Å². The summed E-state index contributed by atoms with van der Waals surface area (Å²) in [5.74, 6) is 0.200. The molecule has 5 heteroatoms. The molecule has 0 spiro atoms. The molecule has 1 heterocycles. The quantitative estimate of drug-likeness (QED) is 0.391. The maximum atomic E-state index is 13.1. The molecule has 33 heavy (non-hydrogen) atoms. The number of hydrazone groups is 1. The van der Waals surface area contributed by atoms with Gasteiger partial charge in [-0.15, -0.1) is 0 Å². The number of carbonyl (C=O) groups is 1. The van der Waals surface area contributed by atoms with E-state index in [1.165, 1.54) is 42.5 Å². The van der Waals surface area contributed by atoms with Crippen LogP contribution in [0.15, 0.2) is 84.0 Å². The fraction of sp³-hybridized carbons (Fsp3) is 0.286. The Labute approximate surface area is 195 Å². The number of benzene rings is 3. The first-order valence-electron chi connectivity index (χ1n) is 11.5. The third kappa shape index (κ3) is 6.59. The number of likely N-dealkylation sites (tertiary alicyclic amines) is 1. The van der Waals surface area contributed by atoms with E-state index < -0.39 is 0 Å². The average molecular weight is 444 g/mol. The summed E-state index contributed by atoms with van der Waals surface area (Å²) in [6.45, 7) is 4.90. The zero-order valence-corrected chi connectivity index (χ0v) is 19.0. The fourth-order valence-corrected chi connectivity index (χ4v) is 4.27. The topological polar surface area (TPSA) is 44.7 Å². The number of carbonyl (C=O) groups excluding carboxylic acids is 1. The molecule has 1 aliphatic rings. The first-order chi connectivity index (χ1) is 16.1. The van der Waals surface area contributed by atoms with Crippen molar-refractivity contribution in [3.8, 4) is 0 Å². The molecule has 4 nitrogen and oxygen atoms in total. The van der Waals surface area contributed by atoms with E-state index in [4.69, 9.17) is 0 Å². The highest BCUT2D eigenvalue weighted by Gasteiger charge is 2.19. The van der Waals surface area contributed by atoms with Gasteiger partial charge < -0.3 is 0 Å². The molecule has 0 unspecified atom stereocenters. The summed E-state index contributed by atoms with van der Waals surface area (Å²) in [6, 6.07) is 24.5. The highest BCUT2D eigenvalue weighted by atomic mass is 19.1. The van der Waals surface area contributed by atoms with E-state index in [9.17, 15) is 9.18 Å². The molecule has 3 aromatic rings. The molecule has 1 aliphatic heterocycles. The van der Waals surface area contributed by atoms with Gasteiger partial charge in [0.15, 0.2) is 0 Å². The van der Waals surface area contributed by atoms with Crippen molar-refractivity contribution in [3.05, 3.63) is 107 Å². The molecule has 0 aromatic heterocycles. The van der Waals surface area contributed by atoms with Crippen LogP contribution in [0.2, 0.25) is 0 Å². The van der Waals surface area contributed by atoms with E-state index in [2.05, 4.69) is 45.8 Å². The molecule has 1 saturated heterocycles. The molecule has 0 bridgehead atoms. The van der Waals surface area contributed by atoms with Gasteiger partial charge in [-0.25, -0.2) is 9.82 Å². The van der Waals surface area contributed by atoms with Gasteiger partial charge in [-0.3, -0.25) is 9.69 Å². The van der Waals surface area contributed by atoms with Crippen molar-refractivity contribution in [1.29, 1.82) is 0 Å². The summed E-state index contributed by atoms with van der Waals surface area (Å²) in [5.41, 5.74) is 7.17. The molecule has 170 valence electrons. The standard InChI is InChI=1S/C28H30FN3O/c1-21(25-11-13-27(29)14-12-25)30-31-28(33)26-9-7-24(8-10-26)20-32-17-15-23(16-18-32)19-22-5-3-2-4-6-22/h2-14,23H,15-20H2,1H3,(H,31,33)/b30-21-. The van der Waals surface area contributed by atoms with Crippen LogP contribution in [0.4, 0.5) is 4.39 Å². The number of amides is 1. The maximum absolute atomic E-state index is 13.1. The van der Waals surface area contributed by atoms with Crippen molar-refractivity contribution in [3.63, 3.8) is 0 Å². The van der Waals surface area contributed by atoms with E-state index >= 15 is 0 Å². The molecule has 0 aliphatic carbocycles. The van der Waals surface area contributed by atoms with Crippen LogP contribution < -0.4 is 5.43 Å². The first kappa shape index (κ1) is 22.9. The van der Waals surface area contributed by atoms with Crippen LogP contribution in [-0.4, -0.2) is 29.6 Å². The molecule has 0 atom stereocenters. The summed E-state index contributed by atoms with van der Waals surface area (Å²) in [6.07, 6.45) is 3.61. The zero-order valence-electron chi connectivity index (χ0n) is 19.0. The van der Waals surface area contributed by atoms with Crippen LogP contribution in [0.25, 0.3) is 0 Å². The number of rotatable bonds is 7. The summed E-state index contributed by atoms with van der Waals surface area (Å²) < 4.78 is 13.1.